The fraction of sp³-hybridized carbons (Fsp3) is 0.667. The van der Waals surface area contributed by atoms with Gasteiger partial charge in [-0.05, 0) is 49.3 Å². The minimum absolute atomic E-state index is 0.357. The van der Waals surface area contributed by atoms with Gasteiger partial charge in [-0.15, -0.1) is 0 Å². The second-order valence-electron chi connectivity index (χ2n) is 5.01. The van der Waals surface area contributed by atoms with Crippen LogP contribution in [0.1, 0.15) is 36.8 Å². The van der Waals surface area contributed by atoms with Crippen LogP contribution >= 0.6 is 0 Å². The maximum absolute atomic E-state index is 5.76. The van der Waals surface area contributed by atoms with Gasteiger partial charge in [0, 0.05) is 0 Å². The SMILES string of the molecule is Cc1cc(C2C(CN)C2(C)C)c(C)o1. The Labute approximate surface area is 85.5 Å². The van der Waals surface area contributed by atoms with Crippen LogP contribution in [0.25, 0.3) is 0 Å². The molecule has 2 nitrogen and oxygen atoms in total. The van der Waals surface area contributed by atoms with Crippen molar-refractivity contribution in [1.82, 2.24) is 0 Å². The maximum Gasteiger partial charge on any atom is 0.104 e. The molecule has 0 aliphatic heterocycles. The molecule has 0 aromatic carbocycles. The van der Waals surface area contributed by atoms with Crippen LogP contribution < -0.4 is 5.73 Å². The Morgan fingerprint density at radius 3 is 2.43 bits per heavy atom. The summed E-state index contributed by atoms with van der Waals surface area (Å²) in [6.45, 7) is 9.41. The summed E-state index contributed by atoms with van der Waals surface area (Å²) in [6, 6.07) is 2.16. The number of hydrogen-bond acceptors (Lipinski definition) is 2. The summed E-state index contributed by atoms with van der Waals surface area (Å²) in [5.41, 5.74) is 7.48. The molecule has 1 heterocycles. The molecule has 1 aromatic heterocycles. The predicted molar refractivity (Wildman–Crippen MR) is 57.2 cm³/mol. The molecule has 0 saturated heterocycles. The van der Waals surface area contributed by atoms with Gasteiger partial charge in [0.1, 0.15) is 11.5 Å². The second-order valence-corrected chi connectivity index (χ2v) is 5.01. The van der Waals surface area contributed by atoms with Crippen LogP contribution in [-0.4, -0.2) is 6.54 Å². The molecule has 14 heavy (non-hydrogen) atoms. The molecule has 2 atom stereocenters. The average Bonchev–Trinajstić information content (AvgIpc) is 2.46. The molecular formula is C12H19NO. The van der Waals surface area contributed by atoms with Gasteiger partial charge in [-0.2, -0.15) is 0 Å². The molecule has 2 unspecified atom stereocenters. The van der Waals surface area contributed by atoms with Crippen LogP contribution in [0.5, 0.6) is 0 Å². The molecule has 1 aromatic rings. The Balaban J connectivity index is 2.30. The Kier molecular flexibility index (Phi) is 2.00. The molecule has 1 aliphatic carbocycles. The van der Waals surface area contributed by atoms with Gasteiger partial charge in [0.25, 0.3) is 0 Å². The molecule has 2 N–H and O–H groups in total. The van der Waals surface area contributed by atoms with Crippen molar-refractivity contribution in [3.8, 4) is 0 Å². The zero-order chi connectivity index (χ0) is 10.5. The first-order valence-electron chi connectivity index (χ1n) is 5.25. The average molecular weight is 193 g/mol. The van der Waals surface area contributed by atoms with Crippen molar-refractivity contribution in [3.05, 3.63) is 23.2 Å². The van der Waals surface area contributed by atoms with Crippen molar-refractivity contribution in [2.75, 3.05) is 6.54 Å². The quantitative estimate of drug-likeness (QED) is 0.784. The van der Waals surface area contributed by atoms with E-state index in [-0.39, 0.29) is 0 Å². The lowest BCUT2D eigenvalue weighted by molar-refractivity contribution is 0.498. The number of furan rings is 1. The Morgan fingerprint density at radius 1 is 1.43 bits per heavy atom. The van der Waals surface area contributed by atoms with Gasteiger partial charge in [0.15, 0.2) is 0 Å². The summed E-state index contributed by atoms with van der Waals surface area (Å²) in [5, 5.41) is 0. The lowest BCUT2D eigenvalue weighted by atomic mass is 10.0. The number of hydrogen-bond donors (Lipinski definition) is 1. The van der Waals surface area contributed by atoms with E-state index in [4.69, 9.17) is 10.2 Å². The summed E-state index contributed by atoms with van der Waals surface area (Å²) in [7, 11) is 0. The number of nitrogens with two attached hydrogens (primary N) is 1. The van der Waals surface area contributed by atoms with Gasteiger partial charge < -0.3 is 10.2 Å². The second kappa shape index (κ2) is 2.86. The van der Waals surface area contributed by atoms with E-state index in [0.29, 0.717) is 17.3 Å². The third-order valence-corrected chi connectivity index (χ3v) is 3.72. The van der Waals surface area contributed by atoms with Gasteiger partial charge in [0.2, 0.25) is 0 Å². The highest BCUT2D eigenvalue weighted by atomic mass is 16.3. The molecule has 2 rings (SSSR count). The van der Waals surface area contributed by atoms with Gasteiger partial charge in [-0.1, -0.05) is 13.8 Å². The zero-order valence-corrected chi connectivity index (χ0v) is 9.42. The number of aryl methyl sites for hydroxylation is 2. The predicted octanol–water partition coefficient (Wildman–Crippen LogP) is 2.59. The molecule has 0 spiro atoms. The Morgan fingerprint density at radius 2 is 2.07 bits per heavy atom. The fourth-order valence-corrected chi connectivity index (χ4v) is 2.76. The fourth-order valence-electron chi connectivity index (χ4n) is 2.76. The van der Waals surface area contributed by atoms with E-state index in [1.165, 1.54) is 5.56 Å². The van der Waals surface area contributed by atoms with Crippen molar-refractivity contribution >= 4 is 0 Å². The third-order valence-electron chi connectivity index (χ3n) is 3.72. The Bertz CT molecular complexity index is 351. The first kappa shape index (κ1) is 9.78. The minimum atomic E-state index is 0.357. The molecule has 78 valence electrons. The van der Waals surface area contributed by atoms with Crippen LogP contribution in [0, 0.1) is 25.2 Å². The largest absolute Gasteiger partial charge is 0.466 e. The lowest BCUT2D eigenvalue weighted by Crippen LogP contribution is -2.05. The molecule has 0 bridgehead atoms. The van der Waals surface area contributed by atoms with E-state index in [0.717, 1.165) is 18.1 Å². The van der Waals surface area contributed by atoms with Crippen molar-refractivity contribution in [3.63, 3.8) is 0 Å². The van der Waals surface area contributed by atoms with Gasteiger partial charge in [-0.25, -0.2) is 0 Å². The summed E-state index contributed by atoms with van der Waals surface area (Å²) in [4.78, 5) is 0. The van der Waals surface area contributed by atoms with Gasteiger partial charge >= 0.3 is 0 Å². The van der Waals surface area contributed by atoms with Gasteiger partial charge in [-0.3, -0.25) is 0 Å². The molecule has 1 saturated carbocycles. The molecule has 1 aliphatic rings. The van der Waals surface area contributed by atoms with Crippen LogP contribution in [0.4, 0.5) is 0 Å². The van der Waals surface area contributed by atoms with E-state index in [1.54, 1.807) is 0 Å². The van der Waals surface area contributed by atoms with Gasteiger partial charge in [0.05, 0.1) is 0 Å². The topological polar surface area (TPSA) is 39.2 Å². The summed E-state index contributed by atoms with van der Waals surface area (Å²) in [6.07, 6.45) is 0. The molecule has 2 heteroatoms. The van der Waals surface area contributed by atoms with E-state index in [1.807, 2.05) is 13.8 Å². The molecule has 0 radical (unpaired) electrons. The van der Waals surface area contributed by atoms with Crippen LogP contribution in [-0.2, 0) is 0 Å². The molecule has 1 fully saturated rings. The van der Waals surface area contributed by atoms with E-state index in [9.17, 15) is 0 Å². The highest BCUT2D eigenvalue weighted by molar-refractivity contribution is 5.35. The third kappa shape index (κ3) is 1.21. The lowest BCUT2D eigenvalue weighted by Gasteiger charge is -2.00. The zero-order valence-electron chi connectivity index (χ0n) is 9.42. The van der Waals surface area contributed by atoms with Crippen LogP contribution in [0.2, 0.25) is 0 Å². The summed E-state index contributed by atoms with van der Waals surface area (Å²) < 4.78 is 5.56. The highest BCUT2D eigenvalue weighted by Gasteiger charge is 2.58. The number of rotatable bonds is 2. The summed E-state index contributed by atoms with van der Waals surface area (Å²) in [5.74, 6) is 3.30. The van der Waals surface area contributed by atoms with Crippen LogP contribution in [0.3, 0.4) is 0 Å². The summed E-state index contributed by atoms with van der Waals surface area (Å²) >= 11 is 0. The Hall–Kier alpha value is -0.760. The van der Waals surface area contributed by atoms with E-state index < -0.39 is 0 Å². The van der Waals surface area contributed by atoms with Crippen molar-refractivity contribution in [1.29, 1.82) is 0 Å². The minimum Gasteiger partial charge on any atom is -0.466 e. The first-order valence-corrected chi connectivity index (χ1v) is 5.25. The van der Waals surface area contributed by atoms with E-state index in [2.05, 4.69) is 19.9 Å². The van der Waals surface area contributed by atoms with Crippen molar-refractivity contribution < 1.29 is 4.42 Å². The first-order chi connectivity index (χ1) is 6.48. The van der Waals surface area contributed by atoms with Crippen molar-refractivity contribution in [2.45, 2.75) is 33.6 Å². The standard InChI is InChI=1S/C12H19NO/c1-7-5-9(8(2)14-7)11-10(6-13)12(11,3)4/h5,10-11H,6,13H2,1-4H3. The van der Waals surface area contributed by atoms with Crippen LogP contribution in [0.15, 0.2) is 10.5 Å². The molecule has 0 amide bonds. The maximum atomic E-state index is 5.76. The molecular weight excluding hydrogens is 174 g/mol. The normalized spacial score (nSPS) is 29.2. The smallest absolute Gasteiger partial charge is 0.104 e. The van der Waals surface area contributed by atoms with Crippen molar-refractivity contribution in [2.24, 2.45) is 17.1 Å². The monoisotopic (exact) mass is 193 g/mol. The highest BCUT2D eigenvalue weighted by Crippen LogP contribution is 2.64. The van der Waals surface area contributed by atoms with E-state index >= 15 is 0 Å².